The maximum Gasteiger partial charge on any atom is 0.341 e. The molecule has 3 heterocycles. The number of aryl methyl sites for hydroxylation is 1. The van der Waals surface area contributed by atoms with Gasteiger partial charge in [0.1, 0.15) is 5.00 Å². The summed E-state index contributed by atoms with van der Waals surface area (Å²) in [5.74, 6) is -0.0895. The maximum atomic E-state index is 14.2. The van der Waals surface area contributed by atoms with Gasteiger partial charge in [-0.15, -0.1) is 11.3 Å². The number of allylic oxidation sites excluding steroid dienone is 3. The second-order valence-corrected chi connectivity index (χ2v) is 12.7. The summed E-state index contributed by atoms with van der Waals surface area (Å²) in [6.07, 6.45) is 4.82. The van der Waals surface area contributed by atoms with Crippen molar-refractivity contribution in [3.05, 3.63) is 62.3 Å². The molecule has 40 heavy (non-hydrogen) atoms. The molecule has 1 aromatic heterocycles. The molecule has 0 unspecified atom stereocenters. The number of ketones is 1. The summed E-state index contributed by atoms with van der Waals surface area (Å²) >= 11 is 1.45. The first-order chi connectivity index (χ1) is 19.2. The number of esters is 1. The summed E-state index contributed by atoms with van der Waals surface area (Å²) in [4.78, 5) is 42.0. The monoisotopic (exact) mass is 562 g/mol. The van der Waals surface area contributed by atoms with Gasteiger partial charge in [0.15, 0.2) is 17.3 Å². The van der Waals surface area contributed by atoms with Crippen LogP contribution in [-0.2, 0) is 27.2 Å². The van der Waals surface area contributed by atoms with Gasteiger partial charge >= 0.3 is 5.97 Å². The van der Waals surface area contributed by atoms with Crippen molar-refractivity contribution in [1.29, 1.82) is 0 Å². The Hall–Kier alpha value is -3.59. The number of Topliss-reactive ketones (excluding diaryl/α,β-unsaturated/α-hetero) is 1. The number of dihydropyridines is 1. The van der Waals surface area contributed by atoms with E-state index in [1.165, 1.54) is 11.3 Å². The van der Waals surface area contributed by atoms with Gasteiger partial charge in [-0.3, -0.25) is 9.59 Å². The highest BCUT2D eigenvalue weighted by atomic mass is 32.1. The molecule has 1 amide bonds. The summed E-state index contributed by atoms with van der Waals surface area (Å²) < 4.78 is 16.6. The molecule has 0 saturated carbocycles. The second-order valence-electron chi connectivity index (χ2n) is 11.6. The van der Waals surface area contributed by atoms with E-state index in [2.05, 4.69) is 24.5 Å². The number of anilines is 1. The van der Waals surface area contributed by atoms with Gasteiger partial charge in [0.2, 0.25) is 6.79 Å². The molecule has 8 nitrogen and oxygen atoms in total. The van der Waals surface area contributed by atoms with E-state index >= 15 is 0 Å². The van der Waals surface area contributed by atoms with Crippen LogP contribution in [0, 0.1) is 5.41 Å². The van der Waals surface area contributed by atoms with Gasteiger partial charge in [-0.05, 0) is 74.6 Å². The normalized spacial score (nSPS) is 21.0. The molecule has 0 saturated heterocycles. The van der Waals surface area contributed by atoms with Crippen LogP contribution < -0.4 is 20.1 Å². The van der Waals surface area contributed by atoms with Crippen molar-refractivity contribution in [2.24, 2.45) is 5.41 Å². The Morgan fingerprint density at radius 3 is 2.73 bits per heavy atom. The molecule has 2 aliphatic carbocycles. The lowest BCUT2D eigenvalue weighted by Crippen LogP contribution is -2.39. The quantitative estimate of drug-likeness (QED) is 0.446. The largest absolute Gasteiger partial charge is 0.462 e. The van der Waals surface area contributed by atoms with Crippen molar-refractivity contribution in [3.63, 3.8) is 0 Å². The Labute approximate surface area is 237 Å². The minimum Gasteiger partial charge on any atom is -0.462 e. The van der Waals surface area contributed by atoms with Crippen LogP contribution >= 0.6 is 11.3 Å². The van der Waals surface area contributed by atoms with Crippen LogP contribution in [0.25, 0.3) is 0 Å². The lowest BCUT2D eigenvalue weighted by Gasteiger charge is -2.39. The molecule has 1 atom stereocenters. The Bertz CT molecular complexity index is 1500. The van der Waals surface area contributed by atoms with Crippen molar-refractivity contribution in [2.75, 3.05) is 18.7 Å². The number of rotatable bonds is 5. The first kappa shape index (κ1) is 26.6. The van der Waals surface area contributed by atoms with Gasteiger partial charge in [-0.2, -0.15) is 0 Å². The average molecular weight is 563 g/mol. The molecular formula is C31H34N2O6S. The number of benzene rings is 1. The van der Waals surface area contributed by atoms with E-state index in [1.54, 1.807) is 6.92 Å². The zero-order valence-electron chi connectivity index (χ0n) is 23.3. The Balaban J connectivity index is 1.43. The van der Waals surface area contributed by atoms with Gasteiger partial charge in [0, 0.05) is 39.8 Å². The van der Waals surface area contributed by atoms with Gasteiger partial charge in [0.05, 0.1) is 12.2 Å². The van der Waals surface area contributed by atoms with E-state index in [0.29, 0.717) is 51.7 Å². The van der Waals surface area contributed by atoms with Crippen molar-refractivity contribution >= 4 is 34.0 Å². The minimum atomic E-state index is -0.588. The first-order valence-corrected chi connectivity index (χ1v) is 14.7. The molecule has 2 aromatic rings. The summed E-state index contributed by atoms with van der Waals surface area (Å²) in [6, 6.07) is 5.59. The fourth-order valence-electron chi connectivity index (χ4n) is 6.41. The Morgan fingerprint density at radius 1 is 1.15 bits per heavy atom. The SMILES string of the molecule is CCOC(=O)c1c(NC(=O)C2=C(C)NC3=C(C(=O)CC(C)(C)C3)[C@H]2c2ccc3c(c2)OCO3)sc2c1CCCC2. The molecule has 0 fully saturated rings. The average Bonchev–Trinajstić information content (AvgIpc) is 3.50. The lowest BCUT2D eigenvalue weighted by molar-refractivity contribution is -0.118. The number of carbonyl (C=O) groups is 3. The van der Waals surface area contributed by atoms with Gasteiger partial charge < -0.3 is 24.8 Å². The molecule has 0 spiro atoms. The lowest BCUT2D eigenvalue weighted by atomic mass is 9.68. The number of carbonyl (C=O) groups excluding carboxylic acids is 3. The van der Waals surface area contributed by atoms with Crippen LogP contribution in [0.2, 0.25) is 0 Å². The standard InChI is InChI=1S/C31H34N2O6S/c1-5-37-30(36)26-18-8-6-7-9-23(18)40-29(26)33-28(35)24-16(2)32-19-13-31(3,4)14-20(34)27(19)25(24)17-10-11-21-22(12-17)39-15-38-21/h10-12,25,32H,5-9,13-15H2,1-4H3,(H,33,35)/t25-/m0/s1. The molecule has 6 rings (SSSR count). The number of thiophene rings is 1. The number of ether oxygens (including phenoxy) is 3. The summed E-state index contributed by atoms with van der Waals surface area (Å²) in [5, 5.41) is 7.00. The van der Waals surface area contributed by atoms with Crippen LogP contribution in [0.1, 0.15) is 85.7 Å². The zero-order chi connectivity index (χ0) is 28.2. The topological polar surface area (TPSA) is 103 Å². The molecule has 2 N–H and O–H groups in total. The van der Waals surface area contributed by atoms with Gasteiger partial charge in [-0.1, -0.05) is 19.9 Å². The van der Waals surface area contributed by atoms with Crippen molar-refractivity contribution in [2.45, 2.75) is 72.1 Å². The minimum absolute atomic E-state index is 0.0259. The highest BCUT2D eigenvalue weighted by Crippen LogP contribution is 2.49. The Kier molecular flexibility index (Phi) is 6.73. The third-order valence-electron chi connectivity index (χ3n) is 8.09. The summed E-state index contributed by atoms with van der Waals surface area (Å²) in [5.41, 5.74) is 4.66. The molecule has 0 bridgehead atoms. The van der Waals surface area contributed by atoms with E-state index in [-0.39, 0.29) is 30.5 Å². The fraction of sp³-hybridized carbons (Fsp3) is 0.452. The van der Waals surface area contributed by atoms with Gasteiger partial charge in [0.25, 0.3) is 5.91 Å². The molecule has 4 aliphatic rings. The maximum absolute atomic E-state index is 14.2. The number of amides is 1. The van der Waals surface area contributed by atoms with Crippen molar-refractivity contribution < 1.29 is 28.6 Å². The molecule has 0 radical (unpaired) electrons. The van der Waals surface area contributed by atoms with Crippen LogP contribution in [0.3, 0.4) is 0 Å². The predicted molar refractivity (Wildman–Crippen MR) is 152 cm³/mol. The van der Waals surface area contributed by atoms with Crippen LogP contribution in [0.4, 0.5) is 5.00 Å². The van der Waals surface area contributed by atoms with Crippen molar-refractivity contribution in [3.8, 4) is 11.5 Å². The highest BCUT2D eigenvalue weighted by Gasteiger charge is 2.43. The first-order valence-electron chi connectivity index (χ1n) is 13.9. The van der Waals surface area contributed by atoms with E-state index in [1.807, 2.05) is 25.1 Å². The van der Waals surface area contributed by atoms with Crippen LogP contribution in [0.5, 0.6) is 11.5 Å². The van der Waals surface area contributed by atoms with E-state index in [9.17, 15) is 14.4 Å². The van der Waals surface area contributed by atoms with E-state index in [4.69, 9.17) is 14.2 Å². The molecule has 210 valence electrons. The van der Waals surface area contributed by atoms with E-state index < -0.39 is 11.9 Å². The van der Waals surface area contributed by atoms with Crippen LogP contribution in [0.15, 0.2) is 40.7 Å². The number of hydrogen-bond acceptors (Lipinski definition) is 8. The summed E-state index contributed by atoms with van der Waals surface area (Å²) in [7, 11) is 0. The molecular weight excluding hydrogens is 528 g/mol. The number of fused-ring (bicyclic) bond motifs is 2. The van der Waals surface area contributed by atoms with E-state index in [0.717, 1.165) is 47.4 Å². The zero-order valence-corrected chi connectivity index (χ0v) is 24.1. The molecule has 9 heteroatoms. The number of nitrogens with one attached hydrogen (secondary N) is 2. The second kappa shape index (κ2) is 10.1. The fourth-order valence-corrected chi connectivity index (χ4v) is 7.68. The number of hydrogen-bond donors (Lipinski definition) is 2. The molecule has 1 aromatic carbocycles. The van der Waals surface area contributed by atoms with Crippen LogP contribution in [-0.4, -0.2) is 31.1 Å². The third-order valence-corrected chi connectivity index (χ3v) is 9.30. The highest BCUT2D eigenvalue weighted by molar-refractivity contribution is 7.17. The third kappa shape index (κ3) is 4.60. The van der Waals surface area contributed by atoms with Gasteiger partial charge in [-0.25, -0.2) is 4.79 Å². The smallest absolute Gasteiger partial charge is 0.341 e. The van der Waals surface area contributed by atoms with Crippen molar-refractivity contribution in [1.82, 2.24) is 5.32 Å². The predicted octanol–water partition coefficient (Wildman–Crippen LogP) is 5.78. The summed E-state index contributed by atoms with van der Waals surface area (Å²) in [6.45, 7) is 8.21. The molecule has 2 aliphatic heterocycles. The Morgan fingerprint density at radius 2 is 1.93 bits per heavy atom.